The van der Waals surface area contributed by atoms with Gasteiger partial charge in [-0.3, -0.25) is 0 Å². The van der Waals surface area contributed by atoms with Gasteiger partial charge in [0.05, 0.1) is 0 Å². The summed E-state index contributed by atoms with van der Waals surface area (Å²) >= 11 is 0. The second-order valence-corrected chi connectivity index (χ2v) is 5.19. The van der Waals surface area contributed by atoms with Crippen LogP contribution in [-0.4, -0.2) is 12.6 Å². The van der Waals surface area contributed by atoms with Crippen molar-refractivity contribution < 1.29 is 9.13 Å². The summed E-state index contributed by atoms with van der Waals surface area (Å²) in [7, 11) is 0. The minimum absolute atomic E-state index is 0.00787. The van der Waals surface area contributed by atoms with Gasteiger partial charge in [-0.2, -0.15) is 0 Å². The monoisotopic (exact) mass is 225 g/mol. The zero-order chi connectivity index (χ0) is 12.3. The molecule has 3 heteroatoms. The number of hydrogen-bond acceptors (Lipinski definition) is 2. The van der Waals surface area contributed by atoms with Crippen LogP contribution in [0.2, 0.25) is 0 Å². The van der Waals surface area contributed by atoms with E-state index >= 15 is 0 Å². The predicted octanol–water partition coefficient (Wildman–Crippen LogP) is 2.89. The van der Waals surface area contributed by atoms with E-state index in [9.17, 15) is 4.39 Å². The first-order chi connectivity index (χ1) is 7.30. The Balaban J connectivity index is 2.62. The molecule has 1 rings (SSSR count). The summed E-state index contributed by atoms with van der Waals surface area (Å²) < 4.78 is 18.4. The van der Waals surface area contributed by atoms with Gasteiger partial charge >= 0.3 is 0 Å². The molecule has 0 amide bonds. The Labute approximate surface area is 96.6 Å². The van der Waals surface area contributed by atoms with Crippen molar-refractivity contribution in [2.75, 3.05) is 6.61 Å². The summed E-state index contributed by atoms with van der Waals surface area (Å²) in [5.74, 6) is 0.450. The van der Waals surface area contributed by atoms with Crippen LogP contribution in [0.3, 0.4) is 0 Å². The molecule has 90 valence electrons. The zero-order valence-corrected chi connectivity index (χ0v) is 10.4. The molecule has 0 bridgehead atoms. The van der Waals surface area contributed by atoms with Crippen LogP contribution in [0.5, 0.6) is 5.75 Å². The highest BCUT2D eigenvalue weighted by Gasteiger charge is 2.21. The molecule has 2 N–H and O–H groups in total. The molecule has 0 saturated heterocycles. The van der Waals surface area contributed by atoms with Crippen molar-refractivity contribution in [3.8, 4) is 5.75 Å². The fourth-order valence-electron chi connectivity index (χ4n) is 1.20. The highest BCUT2D eigenvalue weighted by molar-refractivity contribution is 5.32. The molecule has 0 aliphatic carbocycles. The summed E-state index contributed by atoms with van der Waals surface area (Å²) in [6.45, 7) is 8.46. The second-order valence-electron chi connectivity index (χ2n) is 5.19. The van der Waals surface area contributed by atoms with Gasteiger partial charge in [0.2, 0.25) is 0 Å². The number of rotatable bonds is 3. The van der Waals surface area contributed by atoms with Crippen LogP contribution < -0.4 is 10.5 Å². The average molecular weight is 225 g/mol. The molecule has 0 aliphatic rings. The molecule has 1 aromatic rings. The third-order valence-electron chi connectivity index (χ3n) is 2.67. The molecule has 0 fully saturated rings. The molecule has 1 aromatic carbocycles. The van der Waals surface area contributed by atoms with E-state index in [4.69, 9.17) is 10.5 Å². The van der Waals surface area contributed by atoms with Crippen molar-refractivity contribution in [1.29, 1.82) is 0 Å². The second kappa shape index (κ2) is 4.83. The smallest absolute Gasteiger partial charge is 0.123 e. The van der Waals surface area contributed by atoms with Crippen molar-refractivity contribution in [2.24, 2.45) is 11.1 Å². The summed E-state index contributed by atoms with van der Waals surface area (Å²) in [4.78, 5) is 0. The maximum atomic E-state index is 12.9. The van der Waals surface area contributed by atoms with Gasteiger partial charge in [-0.05, 0) is 36.1 Å². The van der Waals surface area contributed by atoms with Crippen LogP contribution >= 0.6 is 0 Å². The molecule has 0 aromatic heterocycles. The molecule has 1 unspecified atom stereocenters. The summed E-state index contributed by atoms with van der Waals surface area (Å²) in [5.41, 5.74) is 6.78. The first-order valence-corrected chi connectivity index (χ1v) is 5.45. The van der Waals surface area contributed by atoms with Crippen LogP contribution in [0.4, 0.5) is 4.39 Å². The van der Waals surface area contributed by atoms with Gasteiger partial charge in [-0.25, -0.2) is 4.39 Å². The van der Waals surface area contributed by atoms with Gasteiger partial charge in [0.25, 0.3) is 0 Å². The van der Waals surface area contributed by atoms with Crippen molar-refractivity contribution in [3.05, 3.63) is 29.6 Å². The number of halogens is 1. The van der Waals surface area contributed by atoms with E-state index in [2.05, 4.69) is 20.8 Å². The lowest BCUT2D eigenvalue weighted by Crippen LogP contribution is -2.40. The lowest BCUT2D eigenvalue weighted by atomic mass is 9.88. The minimum Gasteiger partial charge on any atom is -0.492 e. The molecular weight excluding hydrogens is 205 g/mol. The molecular formula is C13H20FNO. The first-order valence-electron chi connectivity index (χ1n) is 5.45. The molecule has 0 saturated carbocycles. The van der Waals surface area contributed by atoms with E-state index in [0.717, 1.165) is 5.56 Å². The Bertz CT molecular complexity index is 357. The fourth-order valence-corrected chi connectivity index (χ4v) is 1.20. The molecule has 2 nitrogen and oxygen atoms in total. The maximum absolute atomic E-state index is 12.9. The largest absolute Gasteiger partial charge is 0.492 e. The summed E-state index contributed by atoms with van der Waals surface area (Å²) in [5, 5.41) is 0. The Morgan fingerprint density at radius 2 is 2.00 bits per heavy atom. The molecule has 0 radical (unpaired) electrons. The van der Waals surface area contributed by atoms with Gasteiger partial charge in [0.15, 0.2) is 0 Å². The number of benzene rings is 1. The third kappa shape index (κ3) is 3.49. The zero-order valence-electron chi connectivity index (χ0n) is 10.4. The Hall–Kier alpha value is -1.09. The van der Waals surface area contributed by atoms with Crippen LogP contribution in [0.1, 0.15) is 26.3 Å². The summed E-state index contributed by atoms with van der Waals surface area (Å²) in [6, 6.07) is 4.44. The topological polar surface area (TPSA) is 35.2 Å². The van der Waals surface area contributed by atoms with Crippen LogP contribution in [-0.2, 0) is 0 Å². The van der Waals surface area contributed by atoms with Gasteiger partial charge in [-0.1, -0.05) is 20.8 Å². The SMILES string of the molecule is Cc1cc(F)ccc1OCC(N)C(C)(C)C. The number of ether oxygens (including phenoxy) is 1. The van der Waals surface area contributed by atoms with E-state index in [1.807, 2.05) is 6.92 Å². The van der Waals surface area contributed by atoms with Gasteiger partial charge in [-0.15, -0.1) is 0 Å². The molecule has 0 spiro atoms. The highest BCUT2D eigenvalue weighted by Crippen LogP contribution is 2.21. The maximum Gasteiger partial charge on any atom is 0.123 e. The number of hydrogen-bond donors (Lipinski definition) is 1. The first kappa shape index (κ1) is 13.0. The average Bonchev–Trinajstić information content (AvgIpc) is 2.14. The van der Waals surface area contributed by atoms with Crippen molar-refractivity contribution >= 4 is 0 Å². The van der Waals surface area contributed by atoms with Gasteiger partial charge in [0, 0.05) is 6.04 Å². The van der Waals surface area contributed by atoms with E-state index in [1.165, 1.54) is 12.1 Å². The molecule has 0 heterocycles. The van der Waals surface area contributed by atoms with Crippen LogP contribution in [0.15, 0.2) is 18.2 Å². The van der Waals surface area contributed by atoms with Crippen molar-refractivity contribution in [1.82, 2.24) is 0 Å². The normalized spacial score (nSPS) is 13.6. The van der Waals surface area contributed by atoms with E-state index in [-0.39, 0.29) is 17.3 Å². The fraction of sp³-hybridized carbons (Fsp3) is 0.538. The quantitative estimate of drug-likeness (QED) is 0.858. The van der Waals surface area contributed by atoms with Crippen molar-refractivity contribution in [2.45, 2.75) is 33.7 Å². The van der Waals surface area contributed by atoms with E-state index < -0.39 is 0 Å². The highest BCUT2D eigenvalue weighted by atomic mass is 19.1. The van der Waals surface area contributed by atoms with Crippen LogP contribution in [0, 0.1) is 18.2 Å². The molecule has 0 aliphatic heterocycles. The molecule has 1 atom stereocenters. The van der Waals surface area contributed by atoms with Crippen molar-refractivity contribution in [3.63, 3.8) is 0 Å². The Kier molecular flexibility index (Phi) is 3.92. The van der Waals surface area contributed by atoms with E-state index in [0.29, 0.717) is 12.4 Å². The summed E-state index contributed by atoms with van der Waals surface area (Å²) in [6.07, 6.45) is 0. The Morgan fingerprint density at radius 3 is 2.50 bits per heavy atom. The van der Waals surface area contributed by atoms with Gasteiger partial charge < -0.3 is 10.5 Å². The third-order valence-corrected chi connectivity index (χ3v) is 2.67. The predicted molar refractivity (Wildman–Crippen MR) is 64.1 cm³/mol. The minimum atomic E-state index is -0.245. The van der Waals surface area contributed by atoms with E-state index in [1.54, 1.807) is 6.07 Å². The molecule has 16 heavy (non-hydrogen) atoms. The lowest BCUT2D eigenvalue weighted by Gasteiger charge is -2.27. The standard InChI is InChI=1S/C13H20FNO/c1-9-7-10(14)5-6-11(9)16-8-12(15)13(2,3)4/h5-7,12H,8,15H2,1-4H3. The lowest BCUT2D eigenvalue weighted by molar-refractivity contribution is 0.204. The Morgan fingerprint density at radius 1 is 1.38 bits per heavy atom. The number of aryl methyl sites for hydroxylation is 1. The number of nitrogens with two attached hydrogens (primary N) is 1. The van der Waals surface area contributed by atoms with Gasteiger partial charge in [0.1, 0.15) is 18.2 Å². The van der Waals surface area contributed by atoms with Crippen LogP contribution in [0.25, 0.3) is 0 Å².